The van der Waals surface area contributed by atoms with Gasteiger partial charge in [-0.2, -0.15) is 0 Å². The van der Waals surface area contributed by atoms with Gasteiger partial charge in [-0.3, -0.25) is 19.0 Å². The molecular weight excluding hydrogens is 528 g/mol. The van der Waals surface area contributed by atoms with Gasteiger partial charge in [0.2, 0.25) is 11.8 Å². The molecule has 2 amide bonds. The van der Waals surface area contributed by atoms with Crippen LogP contribution in [0.3, 0.4) is 0 Å². The third kappa shape index (κ3) is 6.67. The fraction of sp³-hybridized carbons (Fsp3) is 0.400. The summed E-state index contributed by atoms with van der Waals surface area (Å²) in [5, 5.41) is 6.59. The lowest BCUT2D eigenvalue weighted by atomic mass is 9.81. The SMILES string of the molecule is CC[C@H](Sc1nc2ccccc2c(=O)n1CC1CCC(C(=O)NCc2ccco2)CC1)C(=O)NCc1ccco1. The fourth-order valence-corrected chi connectivity index (χ4v) is 6.19. The van der Waals surface area contributed by atoms with Crippen molar-refractivity contribution in [2.75, 3.05) is 0 Å². The molecule has 9 nitrogen and oxygen atoms in total. The average molecular weight is 563 g/mol. The molecule has 0 radical (unpaired) electrons. The first kappa shape index (κ1) is 27.8. The Morgan fingerprint density at radius 2 is 1.65 bits per heavy atom. The van der Waals surface area contributed by atoms with Crippen LogP contribution in [0.1, 0.15) is 50.5 Å². The van der Waals surface area contributed by atoms with Gasteiger partial charge in [-0.25, -0.2) is 4.98 Å². The van der Waals surface area contributed by atoms with E-state index in [1.807, 2.05) is 37.3 Å². The van der Waals surface area contributed by atoms with Crippen molar-refractivity contribution < 1.29 is 18.4 Å². The van der Waals surface area contributed by atoms with Crippen LogP contribution < -0.4 is 16.2 Å². The van der Waals surface area contributed by atoms with Gasteiger partial charge >= 0.3 is 0 Å². The summed E-state index contributed by atoms with van der Waals surface area (Å²) in [5.74, 6) is 1.52. The molecule has 1 aromatic carbocycles. The smallest absolute Gasteiger partial charge is 0.262 e. The molecule has 40 heavy (non-hydrogen) atoms. The van der Waals surface area contributed by atoms with Crippen LogP contribution in [0.4, 0.5) is 0 Å². The average Bonchev–Trinajstić information content (AvgIpc) is 3.70. The van der Waals surface area contributed by atoms with Crippen LogP contribution >= 0.6 is 11.8 Å². The van der Waals surface area contributed by atoms with E-state index in [0.29, 0.717) is 47.9 Å². The van der Waals surface area contributed by atoms with Gasteiger partial charge in [0.1, 0.15) is 11.5 Å². The molecule has 0 saturated heterocycles. The standard InChI is InChI=1S/C30H34N4O5S/c1-2-26(28(36)32-18-23-8-6-16-39-23)40-30-33-25-10-4-3-9-24(25)29(37)34(30)19-20-11-13-21(14-12-20)27(35)31-17-22-7-5-15-38-22/h3-10,15-16,20-21,26H,2,11-14,17-19H2,1H3,(H,31,35)(H,32,36)/t20?,21?,26-/m0/s1. The summed E-state index contributed by atoms with van der Waals surface area (Å²) >= 11 is 1.33. The van der Waals surface area contributed by atoms with Gasteiger partial charge in [0.15, 0.2) is 5.16 Å². The zero-order valence-corrected chi connectivity index (χ0v) is 23.3. The van der Waals surface area contributed by atoms with Gasteiger partial charge in [-0.15, -0.1) is 0 Å². The monoisotopic (exact) mass is 562 g/mol. The van der Waals surface area contributed by atoms with E-state index in [2.05, 4.69) is 10.6 Å². The Kier molecular flexibility index (Phi) is 9.05. The van der Waals surface area contributed by atoms with E-state index in [4.69, 9.17) is 13.8 Å². The van der Waals surface area contributed by atoms with Gasteiger partial charge in [0.25, 0.3) is 5.56 Å². The second-order valence-corrected chi connectivity index (χ2v) is 11.3. The molecule has 1 aliphatic carbocycles. The predicted octanol–water partition coefficient (Wildman–Crippen LogP) is 4.89. The van der Waals surface area contributed by atoms with E-state index in [-0.39, 0.29) is 29.2 Å². The van der Waals surface area contributed by atoms with Gasteiger partial charge < -0.3 is 19.5 Å². The number of carbonyl (C=O) groups is 2. The normalized spacial score (nSPS) is 17.9. The minimum atomic E-state index is -0.414. The summed E-state index contributed by atoms with van der Waals surface area (Å²) in [6.07, 6.45) is 6.95. The van der Waals surface area contributed by atoms with Crippen LogP contribution in [0.25, 0.3) is 10.9 Å². The zero-order chi connectivity index (χ0) is 27.9. The Hall–Kier alpha value is -3.79. The van der Waals surface area contributed by atoms with E-state index in [1.165, 1.54) is 11.8 Å². The number of carbonyl (C=O) groups excluding carboxylic acids is 2. The summed E-state index contributed by atoms with van der Waals surface area (Å²) in [6, 6.07) is 14.6. The molecule has 10 heteroatoms. The number of fused-ring (bicyclic) bond motifs is 1. The molecule has 0 spiro atoms. The summed E-state index contributed by atoms with van der Waals surface area (Å²) in [7, 11) is 0. The van der Waals surface area contributed by atoms with Crippen LogP contribution in [0.15, 0.2) is 79.8 Å². The van der Waals surface area contributed by atoms with Crippen molar-refractivity contribution in [2.45, 2.75) is 69.1 Å². The summed E-state index contributed by atoms with van der Waals surface area (Å²) < 4.78 is 12.4. The van der Waals surface area contributed by atoms with Crippen molar-refractivity contribution in [3.8, 4) is 0 Å². The van der Waals surface area contributed by atoms with Crippen LogP contribution in [-0.2, 0) is 29.2 Å². The number of thioether (sulfide) groups is 1. The maximum Gasteiger partial charge on any atom is 0.262 e. The maximum absolute atomic E-state index is 13.6. The molecule has 3 heterocycles. The van der Waals surface area contributed by atoms with Crippen molar-refractivity contribution in [1.82, 2.24) is 20.2 Å². The number of para-hydroxylation sites is 1. The van der Waals surface area contributed by atoms with E-state index in [9.17, 15) is 14.4 Å². The Morgan fingerprint density at radius 3 is 2.30 bits per heavy atom. The number of rotatable bonds is 11. The quantitative estimate of drug-likeness (QED) is 0.197. The van der Waals surface area contributed by atoms with Crippen LogP contribution in [0.2, 0.25) is 0 Å². The number of amides is 2. The van der Waals surface area contributed by atoms with Crippen molar-refractivity contribution in [3.63, 3.8) is 0 Å². The molecule has 1 aliphatic rings. The van der Waals surface area contributed by atoms with Gasteiger partial charge in [-0.05, 0) is 74.4 Å². The van der Waals surface area contributed by atoms with E-state index < -0.39 is 5.25 Å². The van der Waals surface area contributed by atoms with Crippen molar-refractivity contribution in [3.05, 3.63) is 82.9 Å². The fourth-order valence-electron chi connectivity index (χ4n) is 5.15. The largest absolute Gasteiger partial charge is 0.467 e. The van der Waals surface area contributed by atoms with Crippen molar-refractivity contribution in [1.29, 1.82) is 0 Å². The number of hydrogen-bond donors (Lipinski definition) is 2. The highest BCUT2D eigenvalue weighted by Gasteiger charge is 2.28. The highest BCUT2D eigenvalue weighted by molar-refractivity contribution is 8.00. The predicted molar refractivity (Wildman–Crippen MR) is 152 cm³/mol. The molecule has 210 valence electrons. The van der Waals surface area contributed by atoms with Crippen molar-refractivity contribution >= 4 is 34.5 Å². The summed E-state index contributed by atoms with van der Waals surface area (Å²) in [5.41, 5.74) is 0.520. The lowest BCUT2D eigenvalue weighted by Gasteiger charge is -2.29. The zero-order valence-electron chi connectivity index (χ0n) is 22.5. The Labute approximate surface area is 236 Å². The summed E-state index contributed by atoms with van der Waals surface area (Å²) in [6.45, 7) is 3.15. The second-order valence-electron chi connectivity index (χ2n) is 10.2. The molecule has 4 aromatic rings. The third-order valence-electron chi connectivity index (χ3n) is 7.43. The first-order valence-corrected chi connectivity index (χ1v) is 14.7. The lowest BCUT2D eigenvalue weighted by Crippen LogP contribution is -2.35. The number of benzene rings is 1. The minimum absolute atomic E-state index is 0.0435. The summed E-state index contributed by atoms with van der Waals surface area (Å²) in [4.78, 5) is 44.2. The molecule has 0 bridgehead atoms. The first-order valence-electron chi connectivity index (χ1n) is 13.8. The highest BCUT2D eigenvalue weighted by atomic mass is 32.2. The molecule has 3 aromatic heterocycles. The molecule has 1 atom stereocenters. The van der Waals surface area contributed by atoms with Crippen LogP contribution in [0, 0.1) is 11.8 Å². The van der Waals surface area contributed by atoms with E-state index in [1.54, 1.807) is 35.3 Å². The van der Waals surface area contributed by atoms with E-state index >= 15 is 0 Å². The Balaban J connectivity index is 1.27. The number of aromatic nitrogens is 2. The van der Waals surface area contributed by atoms with Gasteiger partial charge in [-0.1, -0.05) is 30.8 Å². The molecule has 2 N–H and O–H groups in total. The highest BCUT2D eigenvalue weighted by Crippen LogP contribution is 2.32. The second kappa shape index (κ2) is 13.0. The van der Waals surface area contributed by atoms with Crippen LogP contribution in [0.5, 0.6) is 0 Å². The van der Waals surface area contributed by atoms with Gasteiger partial charge in [0, 0.05) is 12.5 Å². The topological polar surface area (TPSA) is 119 Å². The van der Waals surface area contributed by atoms with Crippen molar-refractivity contribution in [2.24, 2.45) is 11.8 Å². The molecule has 1 saturated carbocycles. The number of nitrogens with one attached hydrogen (secondary N) is 2. The molecular formula is C30H34N4O5S. The lowest BCUT2D eigenvalue weighted by molar-refractivity contribution is -0.126. The Morgan fingerprint density at radius 1 is 0.975 bits per heavy atom. The Bertz CT molecular complexity index is 1470. The minimum Gasteiger partial charge on any atom is -0.467 e. The number of furan rings is 2. The third-order valence-corrected chi connectivity index (χ3v) is 8.78. The molecule has 1 fully saturated rings. The number of nitrogens with zero attached hydrogens (tertiary/aromatic N) is 2. The molecule has 5 rings (SSSR count). The number of hydrogen-bond acceptors (Lipinski definition) is 7. The maximum atomic E-state index is 13.6. The first-order chi connectivity index (χ1) is 19.5. The molecule has 0 aliphatic heterocycles. The van der Waals surface area contributed by atoms with Crippen LogP contribution in [-0.4, -0.2) is 26.6 Å². The van der Waals surface area contributed by atoms with Gasteiger partial charge in [0.05, 0.1) is 41.8 Å². The molecule has 0 unspecified atom stereocenters. The van der Waals surface area contributed by atoms with E-state index in [0.717, 1.165) is 31.4 Å².